The van der Waals surface area contributed by atoms with Crippen LogP contribution in [0.3, 0.4) is 0 Å². The SMILES string of the molecule is Cc1cccc(CN(C)C(=O)NC(=O)C(C)Cl)c1. The number of rotatable bonds is 3. The summed E-state index contributed by atoms with van der Waals surface area (Å²) in [5, 5.41) is 1.51. The summed E-state index contributed by atoms with van der Waals surface area (Å²) in [7, 11) is 1.63. The van der Waals surface area contributed by atoms with E-state index in [4.69, 9.17) is 11.6 Å². The first kappa shape index (κ1) is 14.5. The van der Waals surface area contributed by atoms with Gasteiger partial charge in [-0.15, -0.1) is 11.6 Å². The number of nitrogens with zero attached hydrogens (tertiary/aromatic N) is 1. The third-order valence-corrected chi connectivity index (χ3v) is 2.64. The molecular formula is C13H17ClN2O2. The second-order valence-electron chi connectivity index (χ2n) is 4.26. The quantitative estimate of drug-likeness (QED) is 0.855. The van der Waals surface area contributed by atoms with Crippen molar-refractivity contribution in [3.05, 3.63) is 35.4 Å². The molecule has 0 aliphatic heterocycles. The van der Waals surface area contributed by atoms with Crippen molar-refractivity contribution >= 4 is 23.5 Å². The van der Waals surface area contributed by atoms with E-state index in [-0.39, 0.29) is 0 Å². The second-order valence-corrected chi connectivity index (χ2v) is 4.91. The zero-order valence-corrected chi connectivity index (χ0v) is 11.5. The largest absolute Gasteiger partial charge is 0.324 e. The molecule has 1 N–H and O–H groups in total. The van der Waals surface area contributed by atoms with E-state index in [2.05, 4.69) is 5.32 Å². The van der Waals surface area contributed by atoms with Crippen LogP contribution in [0.15, 0.2) is 24.3 Å². The Labute approximate surface area is 112 Å². The minimum atomic E-state index is -0.721. The highest BCUT2D eigenvalue weighted by atomic mass is 35.5. The number of halogens is 1. The number of aryl methyl sites for hydroxylation is 1. The van der Waals surface area contributed by atoms with E-state index in [1.54, 1.807) is 7.05 Å². The molecule has 1 aromatic carbocycles. The van der Waals surface area contributed by atoms with Crippen LogP contribution in [0.25, 0.3) is 0 Å². The van der Waals surface area contributed by atoms with Gasteiger partial charge in [-0.1, -0.05) is 29.8 Å². The molecule has 18 heavy (non-hydrogen) atoms. The minimum absolute atomic E-state index is 0.442. The molecule has 0 fully saturated rings. The number of imide groups is 1. The van der Waals surface area contributed by atoms with Gasteiger partial charge in [0.25, 0.3) is 0 Å². The summed E-state index contributed by atoms with van der Waals surface area (Å²) in [6.07, 6.45) is 0. The summed E-state index contributed by atoms with van der Waals surface area (Å²) in [5.74, 6) is -0.488. The molecule has 0 aliphatic carbocycles. The van der Waals surface area contributed by atoms with Gasteiger partial charge in [-0.2, -0.15) is 0 Å². The van der Waals surface area contributed by atoms with E-state index in [9.17, 15) is 9.59 Å². The van der Waals surface area contributed by atoms with Gasteiger partial charge in [-0.25, -0.2) is 4.79 Å². The van der Waals surface area contributed by atoms with Crippen LogP contribution < -0.4 is 5.32 Å². The van der Waals surface area contributed by atoms with Gasteiger partial charge < -0.3 is 4.90 Å². The molecule has 0 bridgehead atoms. The predicted molar refractivity (Wildman–Crippen MR) is 71.5 cm³/mol. The maximum atomic E-state index is 11.7. The Kier molecular flexibility index (Phi) is 5.16. The second kappa shape index (κ2) is 6.40. The summed E-state index contributed by atoms with van der Waals surface area (Å²) >= 11 is 5.58. The van der Waals surface area contributed by atoms with Crippen molar-refractivity contribution < 1.29 is 9.59 Å². The topological polar surface area (TPSA) is 49.4 Å². The van der Waals surface area contributed by atoms with Crippen LogP contribution in [0.1, 0.15) is 18.1 Å². The number of carbonyl (C=O) groups excluding carboxylic acids is 2. The lowest BCUT2D eigenvalue weighted by molar-refractivity contribution is -0.119. The van der Waals surface area contributed by atoms with Crippen molar-refractivity contribution in [2.45, 2.75) is 25.8 Å². The molecule has 98 valence electrons. The first-order chi connectivity index (χ1) is 8.40. The van der Waals surface area contributed by atoms with Crippen molar-refractivity contribution in [2.24, 2.45) is 0 Å². The monoisotopic (exact) mass is 268 g/mol. The molecule has 1 unspecified atom stereocenters. The van der Waals surface area contributed by atoms with Crippen LogP contribution in [0, 0.1) is 6.92 Å². The van der Waals surface area contributed by atoms with Crippen molar-refractivity contribution in [3.63, 3.8) is 0 Å². The van der Waals surface area contributed by atoms with E-state index in [1.807, 2.05) is 31.2 Å². The fourth-order valence-corrected chi connectivity index (χ4v) is 1.51. The smallest absolute Gasteiger partial charge is 0.323 e. The molecular weight excluding hydrogens is 252 g/mol. The number of carbonyl (C=O) groups is 2. The zero-order chi connectivity index (χ0) is 13.7. The fraction of sp³-hybridized carbons (Fsp3) is 0.385. The van der Waals surface area contributed by atoms with Crippen molar-refractivity contribution in [2.75, 3.05) is 7.05 Å². The van der Waals surface area contributed by atoms with E-state index in [0.29, 0.717) is 6.54 Å². The molecule has 0 radical (unpaired) electrons. The van der Waals surface area contributed by atoms with Gasteiger partial charge in [0.2, 0.25) is 5.91 Å². The maximum Gasteiger partial charge on any atom is 0.324 e. The van der Waals surface area contributed by atoms with Crippen molar-refractivity contribution in [1.82, 2.24) is 10.2 Å². The minimum Gasteiger partial charge on any atom is -0.323 e. The van der Waals surface area contributed by atoms with Gasteiger partial charge in [0.05, 0.1) is 0 Å². The first-order valence-electron chi connectivity index (χ1n) is 5.65. The van der Waals surface area contributed by atoms with Gasteiger partial charge >= 0.3 is 6.03 Å². The number of nitrogens with one attached hydrogen (secondary N) is 1. The first-order valence-corrected chi connectivity index (χ1v) is 6.09. The van der Waals surface area contributed by atoms with Crippen molar-refractivity contribution in [3.8, 4) is 0 Å². The Morgan fingerprint density at radius 1 is 1.44 bits per heavy atom. The van der Waals surface area contributed by atoms with Crippen LogP contribution in [-0.4, -0.2) is 29.3 Å². The Bertz CT molecular complexity index is 446. The number of hydrogen-bond donors (Lipinski definition) is 1. The number of urea groups is 1. The molecule has 1 rings (SSSR count). The van der Waals surface area contributed by atoms with E-state index in [0.717, 1.165) is 11.1 Å². The predicted octanol–water partition coefficient (Wildman–Crippen LogP) is 2.29. The van der Waals surface area contributed by atoms with Crippen LogP contribution in [-0.2, 0) is 11.3 Å². The summed E-state index contributed by atoms with van der Waals surface area (Å²) < 4.78 is 0. The zero-order valence-electron chi connectivity index (χ0n) is 10.7. The Hall–Kier alpha value is -1.55. The van der Waals surface area contributed by atoms with E-state index >= 15 is 0 Å². The molecule has 5 heteroatoms. The highest BCUT2D eigenvalue weighted by molar-refractivity contribution is 6.31. The number of hydrogen-bond acceptors (Lipinski definition) is 2. The van der Waals surface area contributed by atoms with E-state index in [1.165, 1.54) is 11.8 Å². The van der Waals surface area contributed by atoms with Gasteiger partial charge in [0.15, 0.2) is 0 Å². The van der Waals surface area contributed by atoms with Gasteiger partial charge in [-0.3, -0.25) is 10.1 Å². The van der Waals surface area contributed by atoms with Crippen LogP contribution in [0.2, 0.25) is 0 Å². The Balaban J connectivity index is 2.57. The van der Waals surface area contributed by atoms with Gasteiger partial charge in [-0.05, 0) is 19.4 Å². The molecule has 4 nitrogen and oxygen atoms in total. The lowest BCUT2D eigenvalue weighted by Gasteiger charge is -2.18. The molecule has 0 saturated carbocycles. The van der Waals surface area contributed by atoms with Crippen molar-refractivity contribution in [1.29, 1.82) is 0 Å². The maximum absolute atomic E-state index is 11.7. The normalized spacial score (nSPS) is 11.8. The van der Waals surface area contributed by atoms with Gasteiger partial charge in [0, 0.05) is 13.6 Å². The average molecular weight is 269 g/mol. The molecule has 0 spiro atoms. The molecule has 0 saturated heterocycles. The molecule has 0 heterocycles. The lowest BCUT2D eigenvalue weighted by atomic mass is 10.1. The molecule has 1 aromatic rings. The molecule has 3 amide bonds. The average Bonchev–Trinajstić information content (AvgIpc) is 2.28. The van der Waals surface area contributed by atoms with Crippen LogP contribution >= 0.6 is 11.6 Å². The van der Waals surface area contributed by atoms with Gasteiger partial charge in [0.1, 0.15) is 5.38 Å². The highest BCUT2D eigenvalue weighted by Crippen LogP contribution is 2.06. The Morgan fingerprint density at radius 3 is 2.67 bits per heavy atom. The van der Waals surface area contributed by atoms with Crippen LogP contribution in [0.4, 0.5) is 4.79 Å². The number of amides is 3. The fourth-order valence-electron chi connectivity index (χ4n) is 1.46. The highest BCUT2D eigenvalue weighted by Gasteiger charge is 2.16. The third-order valence-electron chi connectivity index (χ3n) is 2.44. The lowest BCUT2D eigenvalue weighted by Crippen LogP contribution is -2.42. The Morgan fingerprint density at radius 2 is 2.11 bits per heavy atom. The van der Waals surface area contributed by atoms with Crippen LogP contribution in [0.5, 0.6) is 0 Å². The number of alkyl halides is 1. The standard InChI is InChI=1S/C13H17ClN2O2/c1-9-5-4-6-11(7-9)8-16(3)13(18)15-12(17)10(2)14/h4-7,10H,8H2,1-3H3,(H,15,17,18). The summed E-state index contributed by atoms with van der Waals surface area (Å²) in [5.41, 5.74) is 2.14. The summed E-state index contributed by atoms with van der Waals surface area (Å²) in [6.45, 7) is 3.95. The third kappa shape index (κ3) is 4.37. The molecule has 0 aromatic heterocycles. The van der Waals surface area contributed by atoms with E-state index < -0.39 is 17.3 Å². The summed E-state index contributed by atoms with van der Waals surface area (Å²) in [4.78, 5) is 24.4. The summed E-state index contributed by atoms with van der Waals surface area (Å²) in [6, 6.07) is 7.40. The molecule has 1 atom stereocenters. The number of benzene rings is 1. The molecule has 0 aliphatic rings.